The summed E-state index contributed by atoms with van der Waals surface area (Å²) in [6.07, 6.45) is 7.42. The van der Waals surface area contributed by atoms with E-state index in [9.17, 15) is 5.11 Å². The molecular weight excluding hydrogens is 632 g/mol. The maximum atomic E-state index is 17.1. The van der Waals surface area contributed by atoms with Gasteiger partial charge in [0.1, 0.15) is 35.2 Å². The second-order valence-electron chi connectivity index (χ2n) is 14.0. The summed E-state index contributed by atoms with van der Waals surface area (Å²) in [4.78, 5) is 18.6. The molecule has 7 rings (SSSR count). The van der Waals surface area contributed by atoms with Crippen molar-refractivity contribution in [1.82, 2.24) is 19.9 Å². The third kappa shape index (κ3) is 6.28. The first-order valence-electron chi connectivity index (χ1n) is 17.3. The van der Waals surface area contributed by atoms with Gasteiger partial charge in [-0.3, -0.25) is 9.88 Å². The molecule has 3 saturated heterocycles. The summed E-state index contributed by atoms with van der Waals surface area (Å²) < 4.78 is 55.1. The largest absolute Gasteiger partial charge is 0.468 e. The van der Waals surface area contributed by atoms with Crippen molar-refractivity contribution in [2.45, 2.75) is 76.0 Å². The Kier molecular flexibility index (Phi) is 9.33. The summed E-state index contributed by atoms with van der Waals surface area (Å²) in [7, 11) is 3.25. The number of methoxy groups -OCH3 is 2. The molecule has 1 N–H and O–H groups in total. The highest BCUT2D eigenvalue weighted by atomic mass is 19.1. The summed E-state index contributed by atoms with van der Waals surface area (Å²) >= 11 is 0. The number of rotatable bonds is 11. The minimum absolute atomic E-state index is 0.0115. The van der Waals surface area contributed by atoms with Crippen LogP contribution in [0.4, 0.5) is 14.6 Å². The van der Waals surface area contributed by atoms with Crippen LogP contribution in [0.3, 0.4) is 0 Å². The lowest BCUT2D eigenvalue weighted by atomic mass is 9.94. The maximum absolute atomic E-state index is 17.1. The molecule has 0 bridgehead atoms. The molecule has 2 aromatic carbocycles. The lowest BCUT2D eigenvalue weighted by Crippen LogP contribution is -2.48. The maximum Gasteiger partial charge on any atom is 0.319 e. The first-order valence-corrected chi connectivity index (χ1v) is 17.3. The van der Waals surface area contributed by atoms with Crippen LogP contribution < -0.4 is 14.4 Å². The fourth-order valence-electron chi connectivity index (χ4n) is 8.33. The van der Waals surface area contributed by atoms with E-state index < -0.39 is 11.4 Å². The molecule has 49 heavy (non-hydrogen) atoms. The lowest BCUT2D eigenvalue weighted by Gasteiger charge is -2.38. The minimum atomic E-state index is -0.936. The van der Waals surface area contributed by atoms with Gasteiger partial charge in [0.15, 0.2) is 12.6 Å². The molecule has 3 aliphatic rings. The molecule has 5 heterocycles. The molecule has 0 aliphatic carbocycles. The Labute approximate surface area is 285 Å². The van der Waals surface area contributed by atoms with E-state index in [2.05, 4.69) is 14.9 Å². The van der Waals surface area contributed by atoms with Gasteiger partial charge in [0.05, 0.1) is 23.1 Å². The Bertz CT molecular complexity index is 1860. The number of nitrogens with zero attached hydrogens (tertiary/aromatic N) is 5. The highest BCUT2D eigenvalue weighted by Crippen LogP contribution is 2.44. The molecule has 262 valence electrons. The number of pyridine rings is 1. The Morgan fingerprint density at radius 1 is 1.02 bits per heavy atom. The Morgan fingerprint density at radius 2 is 1.86 bits per heavy atom. The summed E-state index contributed by atoms with van der Waals surface area (Å²) in [6.45, 7) is 6.63. The van der Waals surface area contributed by atoms with Crippen molar-refractivity contribution in [3.8, 4) is 23.0 Å². The number of aryl methyl sites for hydroxylation is 1. The number of halogens is 2. The molecule has 0 amide bonds. The Hall–Kier alpha value is -3.71. The van der Waals surface area contributed by atoms with Crippen molar-refractivity contribution in [2.75, 3.05) is 58.8 Å². The molecule has 3 aliphatic heterocycles. The van der Waals surface area contributed by atoms with Crippen LogP contribution in [-0.4, -0.2) is 96.0 Å². The first kappa shape index (κ1) is 33.8. The first-order chi connectivity index (χ1) is 23.7. The number of β-amino-alcohol motifs (C(OH)–C–C–N with tert-alkyl or cyclic N) is 1. The van der Waals surface area contributed by atoms with Gasteiger partial charge >= 0.3 is 6.01 Å². The van der Waals surface area contributed by atoms with Crippen LogP contribution in [-0.2, 0) is 15.9 Å². The SMILES string of the molecule is CCc1c(F)ccc2cc(OCOC)cc(-c3ncc4c(N5CCC[C@@](C)(O)C5)nc(OC[C@]56CCCN5[C@H](COC)CC6)nc4c3F)c12. The number of aromatic nitrogens is 3. The van der Waals surface area contributed by atoms with Crippen molar-refractivity contribution in [1.29, 1.82) is 0 Å². The molecule has 0 saturated carbocycles. The summed E-state index contributed by atoms with van der Waals surface area (Å²) in [6, 6.07) is 6.94. The quantitative estimate of drug-likeness (QED) is 0.189. The van der Waals surface area contributed by atoms with E-state index in [1.165, 1.54) is 13.2 Å². The van der Waals surface area contributed by atoms with Crippen molar-refractivity contribution in [3.63, 3.8) is 0 Å². The van der Waals surface area contributed by atoms with Gasteiger partial charge in [-0.25, -0.2) is 8.78 Å². The van der Waals surface area contributed by atoms with Crippen molar-refractivity contribution in [2.24, 2.45) is 0 Å². The van der Waals surface area contributed by atoms with Crippen LogP contribution in [0.1, 0.15) is 57.9 Å². The predicted octanol–water partition coefficient (Wildman–Crippen LogP) is 6.04. The number of fused-ring (bicyclic) bond motifs is 3. The van der Waals surface area contributed by atoms with Gasteiger partial charge in [0.25, 0.3) is 0 Å². The summed E-state index contributed by atoms with van der Waals surface area (Å²) in [5.41, 5.74) is -0.183. The summed E-state index contributed by atoms with van der Waals surface area (Å²) in [5.74, 6) is -0.149. The standard InChI is InChI=1S/C37H45F2N5O5/c1-5-26-29(38)9-8-23-16-25(49-22-47-4)17-27(30(23)26)32-31(39)33-28(18-40-32)34(43-14-6-11-36(2,45)20-43)42-35(41-33)48-21-37-12-7-15-44(37)24(10-13-37)19-46-3/h8-9,16-18,24,45H,5-7,10-15,19-22H2,1-4H3/t24-,36+,37+/m0/s1. The Morgan fingerprint density at radius 3 is 2.63 bits per heavy atom. The van der Waals surface area contributed by atoms with E-state index in [0.29, 0.717) is 84.0 Å². The minimum Gasteiger partial charge on any atom is -0.468 e. The fourth-order valence-corrected chi connectivity index (χ4v) is 8.33. The van der Waals surface area contributed by atoms with Gasteiger partial charge in [-0.15, -0.1) is 0 Å². The number of piperidine rings is 1. The third-order valence-electron chi connectivity index (χ3n) is 10.6. The fraction of sp³-hybridized carbons (Fsp3) is 0.541. The highest BCUT2D eigenvalue weighted by molar-refractivity contribution is 6.01. The van der Waals surface area contributed by atoms with Gasteiger partial charge in [0.2, 0.25) is 0 Å². The number of anilines is 1. The monoisotopic (exact) mass is 677 g/mol. The predicted molar refractivity (Wildman–Crippen MR) is 183 cm³/mol. The molecule has 2 aromatic heterocycles. The van der Waals surface area contributed by atoms with Gasteiger partial charge < -0.3 is 29.0 Å². The van der Waals surface area contributed by atoms with Gasteiger partial charge in [0, 0.05) is 45.1 Å². The molecule has 3 atom stereocenters. The van der Waals surface area contributed by atoms with Gasteiger partial charge in [-0.2, -0.15) is 9.97 Å². The molecule has 0 unspecified atom stereocenters. The molecule has 0 spiro atoms. The zero-order valence-corrected chi connectivity index (χ0v) is 28.7. The van der Waals surface area contributed by atoms with Crippen LogP contribution in [0, 0.1) is 11.6 Å². The van der Waals surface area contributed by atoms with E-state index in [4.69, 9.17) is 23.9 Å². The van der Waals surface area contributed by atoms with Crippen LogP contribution >= 0.6 is 0 Å². The van der Waals surface area contributed by atoms with Crippen molar-refractivity contribution < 1.29 is 32.8 Å². The molecular formula is C37H45F2N5O5. The Balaban J connectivity index is 1.36. The summed E-state index contributed by atoms with van der Waals surface area (Å²) in [5, 5.41) is 12.7. The normalized spacial score (nSPS) is 24.2. The second-order valence-corrected chi connectivity index (χ2v) is 14.0. The van der Waals surface area contributed by atoms with E-state index in [-0.39, 0.29) is 35.4 Å². The molecule has 10 nitrogen and oxygen atoms in total. The van der Waals surface area contributed by atoms with E-state index in [1.807, 2.05) is 11.8 Å². The topological polar surface area (TPSA) is 102 Å². The van der Waals surface area contributed by atoms with Crippen LogP contribution in [0.15, 0.2) is 30.5 Å². The van der Waals surface area contributed by atoms with Crippen LogP contribution in [0.5, 0.6) is 11.8 Å². The van der Waals surface area contributed by atoms with Crippen LogP contribution in [0.25, 0.3) is 32.9 Å². The zero-order valence-electron chi connectivity index (χ0n) is 28.7. The van der Waals surface area contributed by atoms with E-state index in [0.717, 1.165) is 38.6 Å². The highest BCUT2D eigenvalue weighted by Gasteiger charge is 2.49. The second kappa shape index (κ2) is 13.5. The smallest absolute Gasteiger partial charge is 0.319 e. The number of benzene rings is 2. The number of aliphatic hydroxyl groups is 1. The van der Waals surface area contributed by atoms with Crippen molar-refractivity contribution in [3.05, 3.63) is 47.7 Å². The third-order valence-corrected chi connectivity index (χ3v) is 10.6. The molecule has 0 radical (unpaired) electrons. The molecule has 12 heteroatoms. The average Bonchev–Trinajstić information content (AvgIpc) is 3.66. The molecule has 4 aromatic rings. The number of hydrogen-bond acceptors (Lipinski definition) is 10. The zero-order chi connectivity index (χ0) is 34.3. The van der Waals surface area contributed by atoms with Gasteiger partial charge in [-0.1, -0.05) is 13.0 Å². The van der Waals surface area contributed by atoms with E-state index in [1.54, 1.807) is 38.4 Å². The van der Waals surface area contributed by atoms with E-state index >= 15 is 8.78 Å². The van der Waals surface area contributed by atoms with Gasteiger partial charge in [-0.05, 0) is 92.9 Å². The lowest BCUT2D eigenvalue weighted by molar-refractivity contribution is 0.0445. The average molecular weight is 678 g/mol. The molecule has 3 fully saturated rings. The number of hydrogen-bond donors (Lipinski definition) is 1. The number of ether oxygens (including phenoxy) is 4. The van der Waals surface area contributed by atoms with Crippen molar-refractivity contribution >= 4 is 27.5 Å². The van der Waals surface area contributed by atoms with Crippen LogP contribution in [0.2, 0.25) is 0 Å².